The quantitative estimate of drug-likeness (QED) is 0.879. The number of likely N-dealkylation sites (tertiary alicyclic amines) is 1. The molecule has 0 aromatic carbocycles. The number of carbonyl (C=O) groups excluding carboxylic acids is 1. The monoisotopic (exact) mass is 259 g/mol. The van der Waals surface area contributed by atoms with Gasteiger partial charge in [-0.25, -0.2) is 0 Å². The highest BCUT2D eigenvalue weighted by atomic mass is 16.2. The number of hydrogen-bond acceptors (Lipinski definition) is 3. The van der Waals surface area contributed by atoms with E-state index in [1.807, 2.05) is 18.5 Å². The lowest BCUT2D eigenvalue weighted by Crippen LogP contribution is -2.42. The summed E-state index contributed by atoms with van der Waals surface area (Å²) < 4.78 is 0. The molecule has 2 aliphatic rings. The Balaban J connectivity index is 1.60. The molecule has 1 spiro atoms. The molecule has 1 N–H and O–H groups in total. The van der Waals surface area contributed by atoms with Crippen LogP contribution in [0.3, 0.4) is 0 Å². The van der Waals surface area contributed by atoms with Crippen molar-refractivity contribution in [2.45, 2.75) is 44.2 Å². The predicted octanol–water partition coefficient (Wildman–Crippen LogP) is 1.72. The van der Waals surface area contributed by atoms with Crippen LogP contribution in [0.15, 0.2) is 24.5 Å². The van der Waals surface area contributed by atoms with Gasteiger partial charge in [-0.1, -0.05) is 6.07 Å². The summed E-state index contributed by atoms with van der Waals surface area (Å²) in [5.41, 5.74) is 1.37. The molecule has 3 rings (SSSR count). The van der Waals surface area contributed by atoms with E-state index in [4.69, 9.17) is 0 Å². The van der Waals surface area contributed by atoms with E-state index in [9.17, 15) is 4.79 Å². The van der Waals surface area contributed by atoms with Crippen LogP contribution in [0.25, 0.3) is 0 Å². The number of hydrogen-bond donors (Lipinski definition) is 1. The van der Waals surface area contributed by atoms with E-state index in [1.54, 1.807) is 0 Å². The maximum absolute atomic E-state index is 11.5. The first-order valence-electron chi connectivity index (χ1n) is 7.18. The number of nitrogens with one attached hydrogen (secondary N) is 1. The molecule has 4 nitrogen and oxygen atoms in total. The molecule has 0 radical (unpaired) electrons. The van der Waals surface area contributed by atoms with Crippen LogP contribution in [-0.4, -0.2) is 34.4 Å². The summed E-state index contributed by atoms with van der Waals surface area (Å²) in [6, 6.07) is 4.12. The zero-order valence-corrected chi connectivity index (χ0v) is 11.3. The lowest BCUT2D eigenvalue weighted by atomic mass is 9.89. The molecule has 1 aromatic heterocycles. The lowest BCUT2D eigenvalue weighted by molar-refractivity contribution is -0.119. The molecule has 0 aliphatic carbocycles. The van der Waals surface area contributed by atoms with Crippen LogP contribution in [0.2, 0.25) is 0 Å². The SMILES string of the molecule is O=C1CC[C@@]2(CCCN(Cc3cccnc3)CC2)N1. The third-order valence-corrected chi connectivity index (χ3v) is 4.40. The largest absolute Gasteiger partial charge is 0.351 e. The molecule has 2 saturated heterocycles. The fourth-order valence-electron chi connectivity index (χ4n) is 3.31. The highest BCUT2D eigenvalue weighted by molar-refractivity contribution is 5.79. The first-order chi connectivity index (χ1) is 9.26. The second kappa shape index (κ2) is 5.29. The first-order valence-corrected chi connectivity index (χ1v) is 7.18. The van der Waals surface area contributed by atoms with Crippen LogP contribution in [0.1, 0.15) is 37.7 Å². The number of amides is 1. The van der Waals surface area contributed by atoms with E-state index in [0.29, 0.717) is 6.42 Å². The van der Waals surface area contributed by atoms with Gasteiger partial charge in [-0.15, -0.1) is 0 Å². The molecule has 3 heterocycles. The molecule has 102 valence electrons. The zero-order chi connectivity index (χ0) is 13.1. The van der Waals surface area contributed by atoms with Gasteiger partial charge in [-0.2, -0.15) is 0 Å². The third kappa shape index (κ3) is 2.95. The molecule has 0 saturated carbocycles. The molecule has 1 aromatic rings. The van der Waals surface area contributed by atoms with Crippen LogP contribution in [-0.2, 0) is 11.3 Å². The molecule has 4 heteroatoms. The summed E-state index contributed by atoms with van der Waals surface area (Å²) in [7, 11) is 0. The first kappa shape index (κ1) is 12.6. The van der Waals surface area contributed by atoms with Gasteiger partial charge >= 0.3 is 0 Å². The van der Waals surface area contributed by atoms with Crippen LogP contribution in [0.5, 0.6) is 0 Å². The molecule has 19 heavy (non-hydrogen) atoms. The number of rotatable bonds is 2. The fourth-order valence-corrected chi connectivity index (χ4v) is 3.31. The molecule has 1 amide bonds. The van der Waals surface area contributed by atoms with Gasteiger partial charge in [0.1, 0.15) is 0 Å². The number of pyridine rings is 1. The second-order valence-electron chi connectivity index (χ2n) is 5.82. The van der Waals surface area contributed by atoms with Crippen LogP contribution >= 0.6 is 0 Å². The molecule has 1 atom stereocenters. The van der Waals surface area contributed by atoms with Crippen molar-refractivity contribution in [3.05, 3.63) is 30.1 Å². The molecule has 0 unspecified atom stereocenters. The van der Waals surface area contributed by atoms with Crippen molar-refractivity contribution in [2.24, 2.45) is 0 Å². The van der Waals surface area contributed by atoms with Crippen molar-refractivity contribution in [1.29, 1.82) is 0 Å². The van der Waals surface area contributed by atoms with E-state index >= 15 is 0 Å². The standard InChI is InChI=1S/C15H21N3O/c19-14-4-6-15(17-14)5-2-9-18(10-7-15)12-13-3-1-8-16-11-13/h1,3,8,11H,2,4-7,9-10,12H2,(H,17,19)/t15-/m1/s1. The molecule has 2 aliphatic heterocycles. The van der Waals surface area contributed by atoms with Gasteiger partial charge in [0.2, 0.25) is 5.91 Å². The normalized spacial score (nSPS) is 28.3. The average Bonchev–Trinajstić information content (AvgIpc) is 2.67. The number of carbonyl (C=O) groups is 1. The Morgan fingerprint density at radius 3 is 3.00 bits per heavy atom. The van der Waals surface area contributed by atoms with Crippen molar-refractivity contribution in [3.8, 4) is 0 Å². The van der Waals surface area contributed by atoms with Crippen molar-refractivity contribution in [1.82, 2.24) is 15.2 Å². The van der Waals surface area contributed by atoms with Gasteiger partial charge in [0.05, 0.1) is 0 Å². The van der Waals surface area contributed by atoms with Gasteiger partial charge in [-0.3, -0.25) is 14.7 Å². The molecular weight excluding hydrogens is 238 g/mol. The summed E-state index contributed by atoms with van der Waals surface area (Å²) in [6.45, 7) is 3.15. The summed E-state index contributed by atoms with van der Waals surface area (Å²) in [6.07, 6.45) is 8.87. The lowest BCUT2D eigenvalue weighted by Gasteiger charge is -2.27. The summed E-state index contributed by atoms with van der Waals surface area (Å²) >= 11 is 0. The predicted molar refractivity (Wildman–Crippen MR) is 73.5 cm³/mol. The second-order valence-corrected chi connectivity index (χ2v) is 5.82. The fraction of sp³-hybridized carbons (Fsp3) is 0.600. The van der Waals surface area contributed by atoms with E-state index in [0.717, 1.165) is 38.9 Å². The van der Waals surface area contributed by atoms with Gasteiger partial charge in [0, 0.05) is 37.4 Å². The van der Waals surface area contributed by atoms with Gasteiger partial charge in [0.25, 0.3) is 0 Å². The summed E-state index contributed by atoms with van der Waals surface area (Å²) in [5, 5.41) is 3.22. The van der Waals surface area contributed by atoms with Crippen molar-refractivity contribution >= 4 is 5.91 Å². The molecule has 0 bridgehead atoms. The van der Waals surface area contributed by atoms with Crippen LogP contribution < -0.4 is 5.32 Å². The highest BCUT2D eigenvalue weighted by Gasteiger charge is 2.38. The summed E-state index contributed by atoms with van der Waals surface area (Å²) in [5.74, 6) is 0.237. The minimum absolute atomic E-state index is 0.0980. The Hall–Kier alpha value is -1.42. The average molecular weight is 259 g/mol. The van der Waals surface area contributed by atoms with Crippen molar-refractivity contribution in [2.75, 3.05) is 13.1 Å². The topological polar surface area (TPSA) is 45.2 Å². The molecule has 2 fully saturated rings. The van der Waals surface area contributed by atoms with Gasteiger partial charge in [0.15, 0.2) is 0 Å². The van der Waals surface area contributed by atoms with Crippen LogP contribution in [0.4, 0.5) is 0 Å². The maximum Gasteiger partial charge on any atom is 0.220 e. The van der Waals surface area contributed by atoms with E-state index < -0.39 is 0 Å². The smallest absolute Gasteiger partial charge is 0.220 e. The molecular formula is C15H21N3O. The Kier molecular flexibility index (Phi) is 3.51. The Morgan fingerprint density at radius 2 is 2.26 bits per heavy atom. The van der Waals surface area contributed by atoms with E-state index in [-0.39, 0.29) is 11.4 Å². The Bertz CT molecular complexity index is 448. The van der Waals surface area contributed by atoms with E-state index in [2.05, 4.69) is 21.3 Å². The third-order valence-electron chi connectivity index (χ3n) is 4.40. The minimum Gasteiger partial charge on any atom is -0.351 e. The highest BCUT2D eigenvalue weighted by Crippen LogP contribution is 2.31. The van der Waals surface area contributed by atoms with E-state index in [1.165, 1.54) is 12.0 Å². The Morgan fingerprint density at radius 1 is 1.32 bits per heavy atom. The maximum atomic E-state index is 11.5. The van der Waals surface area contributed by atoms with Crippen LogP contribution in [0, 0.1) is 0 Å². The zero-order valence-electron chi connectivity index (χ0n) is 11.3. The van der Waals surface area contributed by atoms with Gasteiger partial charge in [-0.05, 0) is 43.9 Å². The number of nitrogens with zero attached hydrogens (tertiary/aromatic N) is 2. The summed E-state index contributed by atoms with van der Waals surface area (Å²) in [4.78, 5) is 18.1. The number of aromatic nitrogens is 1. The minimum atomic E-state index is 0.0980. The van der Waals surface area contributed by atoms with Crippen molar-refractivity contribution < 1.29 is 4.79 Å². The van der Waals surface area contributed by atoms with Crippen molar-refractivity contribution in [3.63, 3.8) is 0 Å². The van der Waals surface area contributed by atoms with Gasteiger partial charge < -0.3 is 5.32 Å². The Labute approximate surface area is 114 Å².